The maximum atomic E-state index is 14.0. The molecule has 0 fully saturated rings. The van der Waals surface area contributed by atoms with Crippen LogP contribution in [-0.4, -0.2) is 61.7 Å². The van der Waals surface area contributed by atoms with E-state index in [9.17, 15) is 32.7 Å². The predicted octanol–water partition coefficient (Wildman–Crippen LogP) is 5.22. The molecule has 0 saturated carbocycles. The molecular weight excluding hydrogens is 601 g/mol. The fraction of sp³-hybridized carbons (Fsp3) is 0.424. The second-order valence-corrected chi connectivity index (χ2v) is 12.3. The molecule has 3 aromatic heterocycles. The molecule has 0 aliphatic rings. The van der Waals surface area contributed by atoms with Crippen LogP contribution in [0, 0.1) is 19.8 Å². The number of carboxylic acids is 1. The number of fused-ring (bicyclic) bond motifs is 1. The highest BCUT2D eigenvalue weighted by Gasteiger charge is 2.36. The SMILES string of the molecule is Cc1cccc(C)c1-c1cc([C@H](CC(=O)O)NC(=O)[C@@H](CC(C)C)n2cc(CCN(C)C)c(C(F)(F)F)cc2=O)nn2ccnc12. The van der Waals surface area contributed by atoms with E-state index in [-0.39, 0.29) is 36.6 Å². The molecule has 3 heterocycles. The first-order valence-electron chi connectivity index (χ1n) is 15.0. The number of halogens is 3. The number of carbonyl (C=O) groups excluding carboxylic acids is 1. The number of carbonyl (C=O) groups is 2. The number of imidazole rings is 1. The first-order chi connectivity index (χ1) is 21.6. The molecule has 2 atom stereocenters. The van der Waals surface area contributed by atoms with Crippen LogP contribution in [0.3, 0.4) is 0 Å². The molecule has 0 unspecified atom stereocenters. The molecule has 0 radical (unpaired) electrons. The third-order valence-corrected chi connectivity index (χ3v) is 7.81. The van der Waals surface area contributed by atoms with Crippen molar-refractivity contribution < 1.29 is 27.9 Å². The second-order valence-electron chi connectivity index (χ2n) is 12.3. The van der Waals surface area contributed by atoms with Crippen molar-refractivity contribution in [2.24, 2.45) is 5.92 Å². The van der Waals surface area contributed by atoms with E-state index in [1.165, 1.54) is 4.52 Å². The normalized spacial score (nSPS) is 13.4. The number of likely N-dealkylation sites (N-methyl/N-ethyl adjacent to an activating group) is 1. The van der Waals surface area contributed by atoms with Gasteiger partial charge in [0.25, 0.3) is 5.56 Å². The summed E-state index contributed by atoms with van der Waals surface area (Å²) in [6, 6.07) is 5.72. The largest absolute Gasteiger partial charge is 0.481 e. The number of nitrogens with one attached hydrogen (secondary N) is 1. The van der Waals surface area contributed by atoms with Gasteiger partial charge >= 0.3 is 12.1 Å². The lowest BCUT2D eigenvalue weighted by atomic mass is 9.95. The molecule has 0 saturated heterocycles. The Labute approximate surface area is 264 Å². The van der Waals surface area contributed by atoms with Crippen LogP contribution in [0.1, 0.15) is 66.7 Å². The van der Waals surface area contributed by atoms with Gasteiger partial charge in [-0.2, -0.15) is 18.3 Å². The number of amides is 1. The molecule has 0 aliphatic carbocycles. The number of aliphatic carboxylic acids is 1. The minimum atomic E-state index is -4.76. The quantitative estimate of drug-likeness (QED) is 0.218. The number of aromatic nitrogens is 4. The molecule has 0 aliphatic heterocycles. The van der Waals surface area contributed by atoms with Crippen LogP contribution >= 0.6 is 0 Å². The highest BCUT2D eigenvalue weighted by Crippen LogP contribution is 2.34. The van der Waals surface area contributed by atoms with Crippen molar-refractivity contribution in [1.82, 2.24) is 29.4 Å². The van der Waals surface area contributed by atoms with Crippen LogP contribution in [0.25, 0.3) is 16.8 Å². The first kappa shape index (κ1) is 34.4. The summed E-state index contributed by atoms with van der Waals surface area (Å²) in [5.74, 6) is -2.05. The predicted molar refractivity (Wildman–Crippen MR) is 167 cm³/mol. The lowest BCUT2D eigenvalue weighted by molar-refractivity contribution is -0.139. The average molecular weight is 641 g/mol. The molecular formula is C33H39F3N6O4. The Balaban J connectivity index is 1.81. The van der Waals surface area contributed by atoms with Gasteiger partial charge in [-0.3, -0.25) is 14.4 Å². The highest BCUT2D eigenvalue weighted by molar-refractivity contribution is 5.83. The van der Waals surface area contributed by atoms with Gasteiger partial charge in [0.15, 0.2) is 5.65 Å². The Hall–Kier alpha value is -4.52. The van der Waals surface area contributed by atoms with Crippen molar-refractivity contribution in [1.29, 1.82) is 0 Å². The van der Waals surface area contributed by atoms with Gasteiger partial charge in [-0.25, -0.2) is 9.50 Å². The molecule has 2 N–H and O–H groups in total. The van der Waals surface area contributed by atoms with Crippen molar-refractivity contribution in [3.8, 4) is 11.1 Å². The lowest BCUT2D eigenvalue weighted by Gasteiger charge is -2.26. The Kier molecular flexibility index (Phi) is 10.3. The van der Waals surface area contributed by atoms with Crippen molar-refractivity contribution >= 4 is 17.5 Å². The molecule has 13 heteroatoms. The molecule has 4 aromatic rings. The van der Waals surface area contributed by atoms with E-state index in [0.29, 0.717) is 17.3 Å². The minimum Gasteiger partial charge on any atom is -0.481 e. The van der Waals surface area contributed by atoms with Gasteiger partial charge in [-0.1, -0.05) is 32.0 Å². The Morgan fingerprint density at radius 1 is 1.11 bits per heavy atom. The number of aryl methyl sites for hydroxylation is 2. The standard InChI is InChI=1S/C33H39F3N6O4/c1-19(2)14-27(41-18-22(10-12-40(5)6)24(16-28(41)43)33(34,35)36)32(46)38-25(17-29(44)45)26-15-23(31-37-11-13-42(31)39-26)30-20(3)8-7-9-21(30)4/h7-9,11,13,15-16,18-19,25,27H,10,12,14,17H2,1-6H3,(H,38,46)(H,44,45)/t25-,27+/m0/s1. The summed E-state index contributed by atoms with van der Waals surface area (Å²) in [5.41, 5.74) is 2.16. The van der Waals surface area contributed by atoms with E-state index in [1.54, 1.807) is 37.5 Å². The van der Waals surface area contributed by atoms with E-state index in [4.69, 9.17) is 0 Å². The zero-order chi connectivity index (χ0) is 33.9. The summed E-state index contributed by atoms with van der Waals surface area (Å²) in [4.78, 5) is 45.4. The van der Waals surface area contributed by atoms with Gasteiger partial charge in [-0.15, -0.1) is 0 Å². The van der Waals surface area contributed by atoms with Crippen LogP contribution in [0.4, 0.5) is 13.2 Å². The van der Waals surface area contributed by atoms with E-state index >= 15 is 0 Å². The third kappa shape index (κ3) is 7.82. The molecule has 246 valence electrons. The summed E-state index contributed by atoms with van der Waals surface area (Å²) < 4.78 is 44.3. The zero-order valence-corrected chi connectivity index (χ0v) is 26.7. The van der Waals surface area contributed by atoms with E-state index < -0.39 is 47.7 Å². The summed E-state index contributed by atoms with van der Waals surface area (Å²) in [6.45, 7) is 7.83. The van der Waals surface area contributed by atoms with Crippen molar-refractivity contribution in [3.05, 3.63) is 87.2 Å². The maximum absolute atomic E-state index is 14.0. The molecule has 0 bridgehead atoms. The fourth-order valence-corrected chi connectivity index (χ4v) is 5.64. The monoisotopic (exact) mass is 640 g/mol. The number of rotatable bonds is 12. The van der Waals surface area contributed by atoms with Crippen molar-refractivity contribution in [2.75, 3.05) is 20.6 Å². The van der Waals surface area contributed by atoms with Crippen LogP contribution < -0.4 is 10.9 Å². The first-order valence-corrected chi connectivity index (χ1v) is 15.0. The molecule has 10 nitrogen and oxygen atoms in total. The van der Waals surface area contributed by atoms with Crippen LogP contribution in [0.15, 0.2) is 53.7 Å². The number of nitrogens with zero attached hydrogens (tertiary/aromatic N) is 5. The second kappa shape index (κ2) is 13.9. The Morgan fingerprint density at radius 3 is 2.37 bits per heavy atom. The number of hydrogen-bond acceptors (Lipinski definition) is 6. The van der Waals surface area contributed by atoms with Crippen LogP contribution in [0.5, 0.6) is 0 Å². The van der Waals surface area contributed by atoms with Gasteiger partial charge in [0, 0.05) is 36.8 Å². The topological polar surface area (TPSA) is 122 Å². The molecule has 46 heavy (non-hydrogen) atoms. The smallest absolute Gasteiger partial charge is 0.416 e. The summed E-state index contributed by atoms with van der Waals surface area (Å²) >= 11 is 0. The number of pyridine rings is 1. The zero-order valence-electron chi connectivity index (χ0n) is 26.7. The fourth-order valence-electron chi connectivity index (χ4n) is 5.64. The van der Waals surface area contributed by atoms with Gasteiger partial charge < -0.3 is 19.9 Å². The number of alkyl halides is 3. The number of carboxylic acid groups (broad SMARTS) is 1. The van der Waals surface area contributed by atoms with E-state index in [0.717, 1.165) is 27.5 Å². The van der Waals surface area contributed by atoms with Crippen LogP contribution in [-0.2, 0) is 22.2 Å². The van der Waals surface area contributed by atoms with E-state index in [1.807, 2.05) is 45.9 Å². The van der Waals surface area contributed by atoms with Gasteiger partial charge in [0.1, 0.15) is 6.04 Å². The number of benzene rings is 1. The minimum absolute atomic E-state index is 0.00425. The van der Waals surface area contributed by atoms with Crippen molar-refractivity contribution in [2.45, 2.75) is 65.2 Å². The molecule has 4 rings (SSSR count). The third-order valence-electron chi connectivity index (χ3n) is 7.81. The average Bonchev–Trinajstić information content (AvgIpc) is 3.43. The Bertz CT molecular complexity index is 1770. The van der Waals surface area contributed by atoms with Crippen LogP contribution in [0.2, 0.25) is 0 Å². The van der Waals surface area contributed by atoms with Gasteiger partial charge in [0.05, 0.1) is 23.7 Å². The Morgan fingerprint density at radius 2 is 1.78 bits per heavy atom. The summed E-state index contributed by atoms with van der Waals surface area (Å²) in [5, 5.41) is 17.2. The van der Waals surface area contributed by atoms with Crippen molar-refractivity contribution in [3.63, 3.8) is 0 Å². The van der Waals surface area contributed by atoms with E-state index in [2.05, 4.69) is 15.4 Å². The molecule has 0 spiro atoms. The molecule has 1 amide bonds. The van der Waals surface area contributed by atoms with Gasteiger partial charge in [-0.05, 0) is 75.0 Å². The maximum Gasteiger partial charge on any atom is 0.416 e. The lowest BCUT2D eigenvalue weighted by Crippen LogP contribution is -2.41. The highest BCUT2D eigenvalue weighted by atomic mass is 19.4. The summed E-state index contributed by atoms with van der Waals surface area (Å²) in [6.07, 6.45) is -0.877. The number of hydrogen-bond donors (Lipinski definition) is 2. The summed E-state index contributed by atoms with van der Waals surface area (Å²) in [7, 11) is 3.45. The van der Waals surface area contributed by atoms with Gasteiger partial charge in [0.2, 0.25) is 5.91 Å². The molecule has 1 aromatic carbocycles.